The van der Waals surface area contributed by atoms with E-state index in [4.69, 9.17) is 4.74 Å². The molecular weight excluding hydrogens is 283 g/mol. The van der Waals surface area contributed by atoms with Crippen LogP contribution in [-0.2, 0) is 11.2 Å². The van der Waals surface area contributed by atoms with Crippen molar-refractivity contribution in [3.8, 4) is 5.75 Å². The van der Waals surface area contributed by atoms with Crippen LogP contribution in [0.2, 0.25) is 0 Å². The van der Waals surface area contributed by atoms with E-state index >= 15 is 0 Å². The van der Waals surface area contributed by atoms with Crippen LogP contribution in [0.25, 0.3) is 0 Å². The number of fused-ring (bicyclic) bond motifs is 1. The van der Waals surface area contributed by atoms with Crippen molar-refractivity contribution in [3.05, 3.63) is 29.6 Å². The third-order valence-electron chi connectivity index (χ3n) is 4.79. The monoisotopic (exact) mass is 306 g/mol. The van der Waals surface area contributed by atoms with Gasteiger partial charge in [-0.25, -0.2) is 4.39 Å². The minimum atomic E-state index is -0.319. The van der Waals surface area contributed by atoms with Crippen molar-refractivity contribution in [3.63, 3.8) is 0 Å². The minimum Gasteiger partial charge on any atom is -0.493 e. The summed E-state index contributed by atoms with van der Waals surface area (Å²) < 4.78 is 18.8. The molecular formula is C17H23FN2O2. The molecule has 1 aromatic rings. The Labute approximate surface area is 130 Å². The van der Waals surface area contributed by atoms with Crippen LogP contribution in [0.5, 0.6) is 5.75 Å². The zero-order valence-electron chi connectivity index (χ0n) is 13.0. The second-order valence-corrected chi connectivity index (χ2v) is 6.15. The van der Waals surface area contributed by atoms with E-state index in [1.165, 1.54) is 13.2 Å². The summed E-state index contributed by atoms with van der Waals surface area (Å²) in [4.78, 5) is 14.4. The molecule has 0 radical (unpaired) electrons. The van der Waals surface area contributed by atoms with E-state index in [1.54, 1.807) is 6.07 Å². The number of amides is 1. The maximum Gasteiger partial charge on any atom is 0.226 e. The highest BCUT2D eigenvalue weighted by atomic mass is 19.1. The number of ether oxygens (including phenoxy) is 1. The lowest BCUT2D eigenvalue weighted by Gasteiger charge is -2.30. The van der Waals surface area contributed by atoms with Gasteiger partial charge in [-0.3, -0.25) is 4.79 Å². The molecule has 22 heavy (non-hydrogen) atoms. The molecule has 2 heterocycles. The van der Waals surface area contributed by atoms with E-state index in [0.717, 1.165) is 50.9 Å². The summed E-state index contributed by atoms with van der Waals surface area (Å²) in [5.41, 5.74) is 0.882. The largest absolute Gasteiger partial charge is 0.493 e. The zero-order chi connectivity index (χ0) is 15.5. The Balaban J connectivity index is 1.55. The summed E-state index contributed by atoms with van der Waals surface area (Å²) in [6.07, 6.45) is 3.44. The summed E-state index contributed by atoms with van der Waals surface area (Å²) >= 11 is 0. The Bertz CT molecular complexity index is 549. The van der Waals surface area contributed by atoms with Crippen molar-refractivity contribution in [1.29, 1.82) is 0 Å². The van der Waals surface area contributed by atoms with Gasteiger partial charge >= 0.3 is 0 Å². The first-order valence-corrected chi connectivity index (χ1v) is 8.03. The number of carbonyl (C=O) groups excluding carboxylic acids is 1. The molecule has 4 nitrogen and oxygen atoms in total. The molecule has 1 amide bonds. The molecule has 3 rings (SSSR count). The van der Waals surface area contributed by atoms with E-state index in [2.05, 4.69) is 5.32 Å². The SMILES string of the molecule is COc1c(F)cccc1CCC[C@H]1C[C@H]2CNCCN2C1=O. The van der Waals surface area contributed by atoms with Gasteiger partial charge in [0, 0.05) is 31.6 Å². The summed E-state index contributed by atoms with van der Waals surface area (Å²) in [6.45, 7) is 2.65. The average molecular weight is 306 g/mol. The predicted octanol–water partition coefficient (Wildman–Crippen LogP) is 1.98. The zero-order valence-corrected chi connectivity index (χ0v) is 13.0. The van der Waals surface area contributed by atoms with E-state index in [1.807, 2.05) is 11.0 Å². The van der Waals surface area contributed by atoms with Crippen LogP contribution in [0.15, 0.2) is 18.2 Å². The van der Waals surface area contributed by atoms with Crippen LogP contribution in [0.3, 0.4) is 0 Å². The van der Waals surface area contributed by atoms with Crippen LogP contribution in [-0.4, -0.2) is 43.6 Å². The first kappa shape index (κ1) is 15.3. The molecule has 0 spiro atoms. The fourth-order valence-corrected chi connectivity index (χ4v) is 3.68. The summed E-state index contributed by atoms with van der Waals surface area (Å²) in [5, 5.41) is 3.35. The van der Waals surface area contributed by atoms with Gasteiger partial charge in [0.25, 0.3) is 0 Å². The number of para-hydroxylation sites is 1. The molecule has 0 unspecified atom stereocenters. The van der Waals surface area contributed by atoms with Crippen molar-refractivity contribution in [2.24, 2.45) is 5.92 Å². The number of aryl methyl sites for hydroxylation is 1. The average Bonchev–Trinajstić information content (AvgIpc) is 2.84. The van der Waals surface area contributed by atoms with Gasteiger partial charge in [0.2, 0.25) is 5.91 Å². The summed E-state index contributed by atoms with van der Waals surface area (Å²) in [5.74, 6) is 0.448. The second-order valence-electron chi connectivity index (χ2n) is 6.15. The van der Waals surface area contributed by atoms with Crippen molar-refractivity contribution < 1.29 is 13.9 Å². The number of nitrogens with one attached hydrogen (secondary N) is 1. The lowest BCUT2D eigenvalue weighted by atomic mass is 9.96. The molecule has 120 valence electrons. The predicted molar refractivity (Wildman–Crippen MR) is 82.4 cm³/mol. The van der Waals surface area contributed by atoms with Crippen LogP contribution < -0.4 is 10.1 Å². The highest BCUT2D eigenvalue weighted by molar-refractivity contribution is 5.81. The lowest BCUT2D eigenvalue weighted by Crippen LogP contribution is -2.49. The second kappa shape index (κ2) is 6.65. The van der Waals surface area contributed by atoms with Crippen molar-refractivity contribution in [1.82, 2.24) is 10.2 Å². The molecule has 5 heteroatoms. The molecule has 2 saturated heterocycles. The van der Waals surface area contributed by atoms with Gasteiger partial charge in [0.1, 0.15) is 0 Å². The highest BCUT2D eigenvalue weighted by Gasteiger charge is 2.39. The van der Waals surface area contributed by atoms with Crippen LogP contribution >= 0.6 is 0 Å². The quantitative estimate of drug-likeness (QED) is 0.904. The maximum absolute atomic E-state index is 13.6. The first-order chi connectivity index (χ1) is 10.7. The van der Waals surface area contributed by atoms with Crippen LogP contribution in [0.4, 0.5) is 4.39 Å². The number of hydrogen-bond donors (Lipinski definition) is 1. The molecule has 0 aliphatic carbocycles. The van der Waals surface area contributed by atoms with Gasteiger partial charge in [-0.1, -0.05) is 12.1 Å². The fourth-order valence-electron chi connectivity index (χ4n) is 3.68. The van der Waals surface area contributed by atoms with Gasteiger partial charge in [0.05, 0.1) is 7.11 Å². The first-order valence-electron chi connectivity index (χ1n) is 8.03. The Hall–Kier alpha value is -1.62. The van der Waals surface area contributed by atoms with Crippen molar-refractivity contribution >= 4 is 5.91 Å². The Morgan fingerprint density at radius 2 is 2.32 bits per heavy atom. The number of piperazine rings is 1. The molecule has 2 aliphatic rings. The third kappa shape index (κ3) is 2.95. The fraction of sp³-hybridized carbons (Fsp3) is 0.588. The molecule has 0 aromatic heterocycles. The van der Waals surface area contributed by atoms with Crippen LogP contribution in [0, 0.1) is 11.7 Å². The van der Waals surface area contributed by atoms with Gasteiger partial charge in [-0.2, -0.15) is 0 Å². The number of methoxy groups -OCH3 is 1. The van der Waals surface area contributed by atoms with Gasteiger partial charge in [0.15, 0.2) is 11.6 Å². The van der Waals surface area contributed by atoms with E-state index in [9.17, 15) is 9.18 Å². The molecule has 0 saturated carbocycles. The normalized spacial score (nSPS) is 24.5. The maximum atomic E-state index is 13.6. The summed E-state index contributed by atoms with van der Waals surface area (Å²) in [6, 6.07) is 5.38. The minimum absolute atomic E-state index is 0.129. The Morgan fingerprint density at radius 3 is 3.09 bits per heavy atom. The standard InChI is InChI=1S/C17H23FN2O2/c1-22-16-12(5-3-7-15(16)18)4-2-6-13-10-14-11-19-8-9-20(14)17(13)21/h3,5,7,13-14,19H,2,4,6,8-11H2,1H3/t13-,14-/m0/s1. The summed E-state index contributed by atoms with van der Waals surface area (Å²) in [7, 11) is 1.49. The number of rotatable bonds is 5. The lowest BCUT2D eigenvalue weighted by molar-refractivity contribution is -0.132. The molecule has 1 aromatic carbocycles. The topological polar surface area (TPSA) is 41.6 Å². The van der Waals surface area contributed by atoms with E-state index in [0.29, 0.717) is 17.7 Å². The third-order valence-corrected chi connectivity index (χ3v) is 4.79. The highest BCUT2D eigenvalue weighted by Crippen LogP contribution is 2.30. The van der Waals surface area contributed by atoms with Crippen molar-refractivity contribution in [2.75, 3.05) is 26.7 Å². The van der Waals surface area contributed by atoms with Gasteiger partial charge in [-0.05, 0) is 37.3 Å². The number of benzene rings is 1. The van der Waals surface area contributed by atoms with Gasteiger partial charge in [-0.15, -0.1) is 0 Å². The molecule has 1 N–H and O–H groups in total. The molecule has 2 fully saturated rings. The smallest absolute Gasteiger partial charge is 0.226 e. The number of halogens is 1. The van der Waals surface area contributed by atoms with E-state index < -0.39 is 0 Å². The number of carbonyl (C=O) groups is 1. The van der Waals surface area contributed by atoms with Crippen molar-refractivity contribution in [2.45, 2.75) is 31.7 Å². The Kier molecular flexibility index (Phi) is 4.62. The van der Waals surface area contributed by atoms with E-state index in [-0.39, 0.29) is 11.7 Å². The molecule has 0 bridgehead atoms. The number of nitrogens with zero attached hydrogens (tertiary/aromatic N) is 1. The van der Waals surface area contributed by atoms with Gasteiger partial charge < -0.3 is 15.0 Å². The Morgan fingerprint density at radius 1 is 1.45 bits per heavy atom. The number of hydrogen-bond acceptors (Lipinski definition) is 3. The molecule has 2 atom stereocenters. The molecule has 2 aliphatic heterocycles. The van der Waals surface area contributed by atoms with Crippen LogP contribution in [0.1, 0.15) is 24.8 Å².